The zero-order valence-electron chi connectivity index (χ0n) is 17.5. The fourth-order valence-corrected chi connectivity index (χ4v) is 3.47. The Morgan fingerprint density at radius 3 is 1.90 bits per heavy atom. The molecule has 0 spiro atoms. The molecule has 0 saturated carbocycles. The van der Waals surface area contributed by atoms with E-state index in [2.05, 4.69) is 6.92 Å². The largest absolute Gasteiger partial charge is 0.513 e. The van der Waals surface area contributed by atoms with Crippen molar-refractivity contribution in [1.82, 2.24) is 0 Å². The van der Waals surface area contributed by atoms with E-state index in [-0.39, 0.29) is 13.2 Å². The third kappa shape index (κ3) is 4.48. The fraction of sp³-hybridized carbons (Fsp3) is 0.333. The topological polar surface area (TPSA) is 71.1 Å². The number of hydrogen-bond donors (Lipinski definition) is 0. The van der Waals surface area contributed by atoms with E-state index in [0.717, 1.165) is 30.2 Å². The van der Waals surface area contributed by atoms with Crippen molar-refractivity contribution in [3.8, 4) is 11.5 Å². The van der Waals surface area contributed by atoms with Crippen LogP contribution in [0.2, 0.25) is 0 Å². The van der Waals surface area contributed by atoms with Crippen LogP contribution >= 0.6 is 0 Å². The van der Waals surface area contributed by atoms with Gasteiger partial charge < -0.3 is 18.9 Å². The van der Waals surface area contributed by atoms with Crippen molar-refractivity contribution in [2.24, 2.45) is 0 Å². The van der Waals surface area contributed by atoms with Crippen LogP contribution in [0.5, 0.6) is 11.5 Å². The van der Waals surface area contributed by atoms with Crippen molar-refractivity contribution in [1.29, 1.82) is 0 Å². The van der Waals surface area contributed by atoms with Crippen molar-refractivity contribution in [2.45, 2.75) is 40.0 Å². The van der Waals surface area contributed by atoms with Gasteiger partial charge in [0.2, 0.25) is 0 Å². The zero-order valence-corrected chi connectivity index (χ0v) is 17.5. The minimum Gasteiger partial charge on any atom is -0.434 e. The van der Waals surface area contributed by atoms with Crippen LogP contribution in [0, 0.1) is 0 Å². The molecule has 0 aromatic heterocycles. The molecule has 0 aliphatic carbocycles. The molecule has 3 rings (SSSR count). The van der Waals surface area contributed by atoms with Gasteiger partial charge in [0.25, 0.3) is 0 Å². The van der Waals surface area contributed by atoms with Gasteiger partial charge in [0.1, 0.15) is 5.75 Å². The second-order valence-electron chi connectivity index (χ2n) is 6.72. The van der Waals surface area contributed by atoms with Gasteiger partial charge in [-0.25, -0.2) is 9.59 Å². The van der Waals surface area contributed by atoms with E-state index < -0.39 is 12.3 Å². The SMILES string of the molecule is CCCCc1cccc2c(OC(=O)OCC)c3ccccc3c(OC(=O)OCC)c12. The van der Waals surface area contributed by atoms with E-state index in [9.17, 15) is 9.59 Å². The highest BCUT2D eigenvalue weighted by Crippen LogP contribution is 2.44. The van der Waals surface area contributed by atoms with Gasteiger partial charge in [-0.3, -0.25) is 0 Å². The molecule has 0 aliphatic heterocycles. The van der Waals surface area contributed by atoms with Crippen molar-refractivity contribution in [3.63, 3.8) is 0 Å². The van der Waals surface area contributed by atoms with E-state index in [1.807, 2.05) is 42.5 Å². The zero-order chi connectivity index (χ0) is 21.5. The van der Waals surface area contributed by atoms with Crippen molar-refractivity contribution in [3.05, 3.63) is 48.0 Å². The number of unbranched alkanes of at least 4 members (excludes halogenated alkanes) is 1. The van der Waals surface area contributed by atoms with Crippen molar-refractivity contribution < 1.29 is 28.5 Å². The Bertz CT molecular complexity index is 1060. The lowest BCUT2D eigenvalue weighted by Gasteiger charge is -2.18. The third-order valence-corrected chi connectivity index (χ3v) is 4.73. The minimum absolute atomic E-state index is 0.209. The smallest absolute Gasteiger partial charge is 0.434 e. The maximum Gasteiger partial charge on any atom is 0.513 e. The van der Waals surface area contributed by atoms with Crippen LogP contribution in [0.3, 0.4) is 0 Å². The van der Waals surface area contributed by atoms with Crippen molar-refractivity contribution >= 4 is 33.9 Å². The number of carbonyl (C=O) groups is 2. The van der Waals surface area contributed by atoms with E-state index in [0.29, 0.717) is 27.7 Å². The second-order valence-corrected chi connectivity index (χ2v) is 6.72. The van der Waals surface area contributed by atoms with Gasteiger partial charge in [0.05, 0.1) is 13.2 Å². The first-order chi connectivity index (χ1) is 14.6. The van der Waals surface area contributed by atoms with Crippen LogP contribution in [0.4, 0.5) is 9.59 Å². The normalized spacial score (nSPS) is 10.8. The first kappa shape index (κ1) is 21.4. The maximum atomic E-state index is 12.2. The Kier molecular flexibility index (Phi) is 7.12. The Morgan fingerprint density at radius 2 is 1.30 bits per heavy atom. The lowest BCUT2D eigenvalue weighted by atomic mass is 9.94. The summed E-state index contributed by atoms with van der Waals surface area (Å²) >= 11 is 0. The maximum absolute atomic E-state index is 12.2. The first-order valence-electron chi connectivity index (χ1n) is 10.3. The number of carbonyl (C=O) groups excluding carboxylic acids is 2. The Labute approximate surface area is 175 Å². The molecule has 0 bridgehead atoms. The summed E-state index contributed by atoms with van der Waals surface area (Å²) in [4.78, 5) is 24.4. The van der Waals surface area contributed by atoms with Gasteiger partial charge in [-0.1, -0.05) is 55.8 Å². The summed E-state index contributed by atoms with van der Waals surface area (Å²) in [6.07, 6.45) is 1.24. The van der Waals surface area contributed by atoms with Crippen LogP contribution in [-0.4, -0.2) is 25.5 Å². The van der Waals surface area contributed by atoms with Gasteiger partial charge in [-0.15, -0.1) is 0 Å². The predicted molar refractivity (Wildman–Crippen MR) is 115 cm³/mol. The molecule has 0 unspecified atom stereocenters. The van der Waals surface area contributed by atoms with E-state index in [1.54, 1.807) is 13.8 Å². The summed E-state index contributed by atoms with van der Waals surface area (Å²) in [6, 6.07) is 13.1. The molecule has 158 valence electrons. The molecule has 0 heterocycles. The third-order valence-electron chi connectivity index (χ3n) is 4.73. The van der Waals surface area contributed by atoms with Crippen LogP contribution in [0.15, 0.2) is 42.5 Å². The van der Waals surface area contributed by atoms with Gasteiger partial charge >= 0.3 is 12.3 Å². The number of fused-ring (bicyclic) bond motifs is 2. The molecule has 0 amide bonds. The number of benzene rings is 3. The Hall–Kier alpha value is -3.28. The number of aryl methyl sites for hydroxylation is 1. The lowest BCUT2D eigenvalue weighted by molar-refractivity contribution is 0.103. The molecule has 0 saturated heterocycles. The summed E-state index contributed by atoms with van der Waals surface area (Å²) < 4.78 is 21.3. The predicted octanol–water partition coefficient (Wildman–Crippen LogP) is 6.41. The van der Waals surface area contributed by atoms with Gasteiger partial charge in [0.15, 0.2) is 5.75 Å². The molecule has 0 aliphatic rings. The van der Waals surface area contributed by atoms with Gasteiger partial charge in [0, 0.05) is 21.5 Å². The quantitative estimate of drug-likeness (QED) is 0.255. The summed E-state index contributed by atoms with van der Waals surface area (Å²) in [5, 5.41) is 2.71. The van der Waals surface area contributed by atoms with Gasteiger partial charge in [-0.05, 0) is 32.3 Å². The molecule has 0 atom stereocenters. The summed E-state index contributed by atoms with van der Waals surface area (Å²) in [5.41, 5.74) is 1.01. The number of rotatable bonds is 7. The van der Waals surface area contributed by atoms with E-state index in [1.165, 1.54) is 0 Å². The molecule has 3 aromatic carbocycles. The molecule has 0 radical (unpaired) electrons. The minimum atomic E-state index is -0.776. The van der Waals surface area contributed by atoms with Crippen LogP contribution in [0.25, 0.3) is 21.5 Å². The van der Waals surface area contributed by atoms with Crippen LogP contribution in [-0.2, 0) is 15.9 Å². The molecule has 6 nitrogen and oxygen atoms in total. The molecule has 30 heavy (non-hydrogen) atoms. The van der Waals surface area contributed by atoms with Gasteiger partial charge in [-0.2, -0.15) is 0 Å². The second kappa shape index (κ2) is 9.96. The molecule has 0 fully saturated rings. The molecule has 0 N–H and O–H groups in total. The summed E-state index contributed by atoms with van der Waals surface area (Å²) in [5.74, 6) is 0.788. The van der Waals surface area contributed by atoms with E-state index >= 15 is 0 Å². The number of hydrogen-bond acceptors (Lipinski definition) is 6. The average Bonchev–Trinajstić information content (AvgIpc) is 2.74. The van der Waals surface area contributed by atoms with E-state index in [4.69, 9.17) is 18.9 Å². The highest BCUT2D eigenvalue weighted by Gasteiger charge is 2.22. The van der Waals surface area contributed by atoms with Crippen LogP contribution < -0.4 is 9.47 Å². The molecular weight excluding hydrogens is 384 g/mol. The van der Waals surface area contributed by atoms with Crippen molar-refractivity contribution in [2.75, 3.05) is 13.2 Å². The number of ether oxygens (including phenoxy) is 4. The fourth-order valence-electron chi connectivity index (χ4n) is 3.47. The first-order valence-corrected chi connectivity index (χ1v) is 10.3. The highest BCUT2D eigenvalue weighted by molar-refractivity contribution is 6.13. The highest BCUT2D eigenvalue weighted by atomic mass is 16.7. The molecule has 3 aromatic rings. The molecule has 6 heteroatoms. The lowest BCUT2D eigenvalue weighted by Crippen LogP contribution is -2.13. The summed E-state index contributed by atoms with van der Waals surface area (Å²) in [7, 11) is 0. The monoisotopic (exact) mass is 410 g/mol. The standard InChI is InChI=1S/C24H26O6/c1-4-7-11-16-12-10-15-19-20(16)22(30-24(26)28-6-3)18-14-9-8-13-17(18)21(19)29-23(25)27-5-2/h8-10,12-15H,4-7,11H2,1-3H3. The average molecular weight is 410 g/mol. The summed E-state index contributed by atoms with van der Waals surface area (Å²) in [6.45, 7) is 5.98. The van der Waals surface area contributed by atoms with Crippen LogP contribution in [0.1, 0.15) is 39.2 Å². The molecular formula is C24H26O6. The Morgan fingerprint density at radius 1 is 0.733 bits per heavy atom. The Balaban J connectivity index is 2.32.